The molecule has 2 atom stereocenters. The third-order valence-corrected chi connectivity index (χ3v) is 6.97. The van der Waals surface area contributed by atoms with Crippen LogP contribution in [0.15, 0.2) is 32.5 Å². The quantitative estimate of drug-likeness (QED) is 0.653. The van der Waals surface area contributed by atoms with Gasteiger partial charge < -0.3 is 13.7 Å². The minimum Gasteiger partial charge on any atom is -0.459 e. The minimum absolute atomic E-state index is 0.0252. The van der Waals surface area contributed by atoms with E-state index in [1.54, 1.807) is 17.0 Å². The maximum Gasteiger partial charge on any atom is 0.284 e. The number of furan rings is 1. The number of rotatable bonds is 7. The van der Waals surface area contributed by atoms with E-state index < -0.39 is 9.84 Å². The summed E-state index contributed by atoms with van der Waals surface area (Å²) in [6.07, 6.45) is 2.76. The van der Waals surface area contributed by atoms with Crippen LogP contribution in [0.25, 0.3) is 11.7 Å². The molecule has 26 heavy (non-hydrogen) atoms. The Labute approximate surface area is 156 Å². The van der Waals surface area contributed by atoms with Crippen LogP contribution in [0.4, 0.5) is 0 Å². The highest BCUT2D eigenvalue weighted by Gasteiger charge is 2.36. The summed E-state index contributed by atoms with van der Waals surface area (Å²) in [7, 11) is -3.06. The van der Waals surface area contributed by atoms with Gasteiger partial charge in [0.05, 0.1) is 23.5 Å². The molecule has 0 N–H and O–H groups in total. The fourth-order valence-electron chi connectivity index (χ4n) is 2.97. The van der Waals surface area contributed by atoms with Gasteiger partial charge in [-0.1, -0.05) is 18.7 Å². The van der Waals surface area contributed by atoms with Gasteiger partial charge in [-0.3, -0.25) is 4.79 Å². The second-order valence-electron chi connectivity index (χ2n) is 6.25. The average molecular weight is 399 g/mol. The zero-order chi connectivity index (χ0) is 18.7. The second-order valence-corrected chi connectivity index (χ2v) is 9.41. The first kappa shape index (κ1) is 19.0. The van der Waals surface area contributed by atoms with Crippen molar-refractivity contribution in [2.24, 2.45) is 0 Å². The molecule has 1 fully saturated rings. The second kappa shape index (κ2) is 7.83. The van der Waals surface area contributed by atoms with Gasteiger partial charge >= 0.3 is 0 Å². The molecule has 142 valence electrons. The SMILES string of the molecule is CC[C@@H](C)N(C(=O)CSc1nnc(-c2ccco2)o1)[C@H]1CCS(=O)(=O)C1. The van der Waals surface area contributed by atoms with Gasteiger partial charge in [-0.05, 0) is 31.9 Å². The highest BCUT2D eigenvalue weighted by molar-refractivity contribution is 7.99. The first-order valence-electron chi connectivity index (χ1n) is 8.41. The normalized spacial score (nSPS) is 20.2. The van der Waals surface area contributed by atoms with Gasteiger partial charge in [0, 0.05) is 12.1 Å². The zero-order valence-corrected chi connectivity index (χ0v) is 16.3. The highest BCUT2D eigenvalue weighted by atomic mass is 32.2. The van der Waals surface area contributed by atoms with Crippen LogP contribution in [0, 0.1) is 0 Å². The lowest BCUT2D eigenvalue weighted by Gasteiger charge is -2.33. The van der Waals surface area contributed by atoms with Crippen molar-refractivity contribution < 1.29 is 22.0 Å². The van der Waals surface area contributed by atoms with E-state index in [1.165, 1.54) is 6.26 Å². The summed E-state index contributed by atoms with van der Waals surface area (Å²) in [6, 6.07) is 3.14. The molecule has 1 aliphatic heterocycles. The fourth-order valence-corrected chi connectivity index (χ4v) is 5.31. The topological polar surface area (TPSA) is 107 Å². The summed E-state index contributed by atoms with van der Waals surface area (Å²) < 4.78 is 34.3. The molecule has 3 rings (SSSR count). The van der Waals surface area contributed by atoms with Crippen LogP contribution >= 0.6 is 11.8 Å². The number of carbonyl (C=O) groups excluding carboxylic acids is 1. The van der Waals surface area contributed by atoms with Crippen molar-refractivity contribution in [1.29, 1.82) is 0 Å². The molecule has 0 bridgehead atoms. The molecule has 1 aliphatic rings. The molecule has 2 aromatic heterocycles. The molecule has 0 spiro atoms. The Morgan fingerprint density at radius 1 is 1.46 bits per heavy atom. The molecule has 0 aliphatic carbocycles. The first-order chi connectivity index (χ1) is 12.4. The molecule has 0 saturated carbocycles. The third-order valence-electron chi connectivity index (χ3n) is 4.41. The number of hydrogen-bond acceptors (Lipinski definition) is 8. The number of amides is 1. The molecule has 1 saturated heterocycles. The van der Waals surface area contributed by atoms with Crippen LogP contribution in [0.5, 0.6) is 0 Å². The zero-order valence-electron chi connectivity index (χ0n) is 14.6. The van der Waals surface area contributed by atoms with Crippen LogP contribution in [-0.4, -0.2) is 58.8 Å². The van der Waals surface area contributed by atoms with Gasteiger partial charge in [0.25, 0.3) is 11.1 Å². The number of hydrogen-bond donors (Lipinski definition) is 0. The standard InChI is InChI=1S/C16H21N3O5S2/c1-3-11(2)19(12-6-8-26(21,22)10-12)14(20)9-25-16-18-17-15(24-16)13-5-4-7-23-13/h4-5,7,11-12H,3,6,8-10H2,1-2H3/t11-,12+/m1/s1. The van der Waals surface area contributed by atoms with Crippen molar-refractivity contribution in [2.45, 2.75) is 44.0 Å². The molecule has 3 heterocycles. The van der Waals surface area contributed by atoms with Crippen molar-refractivity contribution in [3.8, 4) is 11.7 Å². The van der Waals surface area contributed by atoms with Crippen molar-refractivity contribution in [2.75, 3.05) is 17.3 Å². The average Bonchev–Trinajstić information content (AvgIpc) is 3.33. The summed E-state index contributed by atoms with van der Waals surface area (Å²) in [5.41, 5.74) is 0. The smallest absolute Gasteiger partial charge is 0.284 e. The Morgan fingerprint density at radius 3 is 2.88 bits per heavy atom. The number of aromatic nitrogens is 2. The summed E-state index contributed by atoms with van der Waals surface area (Å²) in [5, 5.41) is 8.07. The Hall–Kier alpha value is -1.81. The summed E-state index contributed by atoms with van der Waals surface area (Å²) >= 11 is 1.14. The van der Waals surface area contributed by atoms with Gasteiger partial charge in [-0.15, -0.1) is 10.2 Å². The van der Waals surface area contributed by atoms with Gasteiger partial charge in [0.2, 0.25) is 5.91 Å². The minimum atomic E-state index is -3.06. The lowest BCUT2D eigenvalue weighted by Crippen LogP contribution is -2.47. The van der Waals surface area contributed by atoms with Crippen molar-refractivity contribution in [1.82, 2.24) is 15.1 Å². The van der Waals surface area contributed by atoms with Crippen molar-refractivity contribution in [3.63, 3.8) is 0 Å². The van der Waals surface area contributed by atoms with Crippen LogP contribution < -0.4 is 0 Å². The first-order valence-corrected chi connectivity index (χ1v) is 11.2. The molecular weight excluding hydrogens is 378 g/mol. The molecule has 8 nitrogen and oxygen atoms in total. The van der Waals surface area contributed by atoms with Crippen LogP contribution in [0.2, 0.25) is 0 Å². The maximum atomic E-state index is 12.8. The monoisotopic (exact) mass is 399 g/mol. The van der Waals surface area contributed by atoms with Crippen LogP contribution in [0.1, 0.15) is 26.7 Å². The fraction of sp³-hybridized carbons (Fsp3) is 0.562. The molecule has 2 aromatic rings. The van der Waals surface area contributed by atoms with E-state index in [4.69, 9.17) is 8.83 Å². The van der Waals surface area contributed by atoms with E-state index in [0.29, 0.717) is 12.2 Å². The number of sulfone groups is 1. The van der Waals surface area contributed by atoms with Crippen molar-refractivity contribution in [3.05, 3.63) is 18.4 Å². The number of carbonyl (C=O) groups is 1. The van der Waals surface area contributed by atoms with Gasteiger partial charge in [0.15, 0.2) is 15.6 Å². The van der Waals surface area contributed by atoms with Gasteiger partial charge in [-0.25, -0.2) is 8.42 Å². The van der Waals surface area contributed by atoms with Crippen LogP contribution in [-0.2, 0) is 14.6 Å². The van der Waals surface area contributed by atoms with E-state index >= 15 is 0 Å². The molecule has 1 amide bonds. The predicted octanol–water partition coefficient (Wildman–Crippen LogP) is 2.24. The lowest BCUT2D eigenvalue weighted by atomic mass is 10.1. The third kappa shape index (κ3) is 4.29. The molecule has 10 heteroatoms. The Kier molecular flexibility index (Phi) is 5.71. The number of thioether (sulfide) groups is 1. The van der Waals surface area contributed by atoms with Crippen molar-refractivity contribution >= 4 is 27.5 Å². The maximum absolute atomic E-state index is 12.8. The van der Waals surface area contributed by atoms with E-state index in [-0.39, 0.29) is 46.4 Å². The van der Waals surface area contributed by atoms with E-state index in [2.05, 4.69) is 10.2 Å². The number of nitrogens with zero attached hydrogens (tertiary/aromatic N) is 3. The Bertz CT molecular complexity index is 847. The van der Waals surface area contributed by atoms with E-state index in [9.17, 15) is 13.2 Å². The summed E-state index contributed by atoms with van der Waals surface area (Å²) in [4.78, 5) is 14.5. The molecule has 0 unspecified atom stereocenters. The Balaban J connectivity index is 1.64. The molecular formula is C16H21N3O5S2. The molecule has 0 aromatic carbocycles. The summed E-state index contributed by atoms with van der Waals surface area (Å²) in [6.45, 7) is 3.92. The predicted molar refractivity (Wildman–Crippen MR) is 96.4 cm³/mol. The Morgan fingerprint density at radius 2 is 2.27 bits per heavy atom. The highest BCUT2D eigenvalue weighted by Crippen LogP contribution is 2.26. The van der Waals surface area contributed by atoms with E-state index in [1.807, 2.05) is 13.8 Å². The van der Waals surface area contributed by atoms with Gasteiger partial charge in [0.1, 0.15) is 0 Å². The van der Waals surface area contributed by atoms with Crippen LogP contribution in [0.3, 0.4) is 0 Å². The summed E-state index contributed by atoms with van der Waals surface area (Å²) in [5.74, 6) is 0.890. The largest absolute Gasteiger partial charge is 0.459 e. The molecule has 0 radical (unpaired) electrons. The van der Waals surface area contributed by atoms with Gasteiger partial charge in [-0.2, -0.15) is 0 Å². The lowest BCUT2D eigenvalue weighted by molar-refractivity contribution is -0.132. The van der Waals surface area contributed by atoms with E-state index in [0.717, 1.165) is 18.2 Å².